The van der Waals surface area contributed by atoms with Gasteiger partial charge in [-0.2, -0.15) is 0 Å². The molecule has 2 unspecified atom stereocenters. The maximum Gasteiger partial charge on any atom is 0.0593 e. The van der Waals surface area contributed by atoms with Crippen molar-refractivity contribution in [2.75, 3.05) is 40.4 Å². The van der Waals surface area contributed by atoms with E-state index in [4.69, 9.17) is 4.74 Å². The van der Waals surface area contributed by atoms with Gasteiger partial charge in [0.25, 0.3) is 0 Å². The molecule has 2 atom stereocenters. The molecule has 15 heavy (non-hydrogen) atoms. The van der Waals surface area contributed by atoms with Gasteiger partial charge in [0.15, 0.2) is 0 Å². The summed E-state index contributed by atoms with van der Waals surface area (Å²) in [6, 6.07) is 0.736. The van der Waals surface area contributed by atoms with E-state index in [0.29, 0.717) is 0 Å². The fourth-order valence-electron chi connectivity index (χ4n) is 2.49. The van der Waals surface area contributed by atoms with E-state index < -0.39 is 0 Å². The summed E-state index contributed by atoms with van der Waals surface area (Å²) in [5.74, 6) is 0.835. The summed E-state index contributed by atoms with van der Waals surface area (Å²) in [5.41, 5.74) is 0. The fourth-order valence-corrected chi connectivity index (χ4v) is 2.49. The molecule has 1 aliphatic rings. The Kier molecular flexibility index (Phi) is 6.22. The Bertz CT molecular complexity index is 164. The molecule has 0 spiro atoms. The Morgan fingerprint density at radius 1 is 1.40 bits per heavy atom. The van der Waals surface area contributed by atoms with E-state index in [1.165, 1.54) is 25.8 Å². The maximum atomic E-state index is 5.36. The number of nitrogens with one attached hydrogen (secondary N) is 1. The lowest BCUT2D eigenvalue weighted by Gasteiger charge is -2.25. The molecule has 1 saturated carbocycles. The van der Waals surface area contributed by atoms with Crippen molar-refractivity contribution >= 4 is 0 Å². The summed E-state index contributed by atoms with van der Waals surface area (Å²) >= 11 is 0. The van der Waals surface area contributed by atoms with Crippen molar-refractivity contribution < 1.29 is 4.74 Å². The number of likely N-dealkylation sites (N-methyl/N-ethyl adjacent to an activating group) is 1. The third kappa shape index (κ3) is 4.49. The van der Waals surface area contributed by atoms with Crippen molar-refractivity contribution in [2.45, 2.75) is 32.2 Å². The van der Waals surface area contributed by atoms with Crippen LogP contribution in [0.2, 0.25) is 0 Å². The molecule has 90 valence electrons. The number of hydrogen-bond acceptors (Lipinski definition) is 3. The molecule has 0 saturated heterocycles. The summed E-state index contributed by atoms with van der Waals surface area (Å²) in [5, 5.41) is 3.43. The summed E-state index contributed by atoms with van der Waals surface area (Å²) in [6.07, 6.45) is 4.11. The summed E-state index contributed by atoms with van der Waals surface area (Å²) in [7, 11) is 4.28. The van der Waals surface area contributed by atoms with Crippen LogP contribution in [0.3, 0.4) is 0 Å². The molecule has 0 amide bonds. The molecule has 0 aliphatic heterocycles. The molecule has 3 heteroatoms. The van der Waals surface area contributed by atoms with Gasteiger partial charge >= 0.3 is 0 Å². The van der Waals surface area contributed by atoms with Gasteiger partial charge < -0.3 is 15.0 Å². The first-order valence-electron chi connectivity index (χ1n) is 6.21. The lowest BCUT2D eigenvalue weighted by Crippen LogP contribution is -2.37. The largest absolute Gasteiger partial charge is 0.380 e. The van der Waals surface area contributed by atoms with Crippen LogP contribution in [0, 0.1) is 5.92 Å². The number of rotatable bonds is 7. The predicted molar refractivity (Wildman–Crippen MR) is 64.2 cm³/mol. The van der Waals surface area contributed by atoms with Crippen LogP contribution in [0.5, 0.6) is 0 Å². The Morgan fingerprint density at radius 2 is 2.20 bits per heavy atom. The molecular formula is C12H26N2O. The van der Waals surface area contributed by atoms with E-state index in [9.17, 15) is 0 Å². The van der Waals surface area contributed by atoms with Crippen molar-refractivity contribution in [1.82, 2.24) is 10.2 Å². The van der Waals surface area contributed by atoms with Gasteiger partial charge in [0.2, 0.25) is 0 Å². The maximum absolute atomic E-state index is 5.36. The molecule has 3 nitrogen and oxygen atoms in total. The van der Waals surface area contributed by atoms with E-state index in [0.717, 1.165) is 31.7 Å². The molecule has 0 radical (unpaired) electrons. The highest BCUT2D eigenvalue weighted by Gasteiger charge is 2.26. The topological polar surface area (TPSA) is 24.5 Å². The van der Waals surface area contributed by atoms with Crippen molar-refractivity contribution in [3.05, 3.63) is 0 Å². The van der Waals surface area contributed by atoms with Crippen molar-refractivity contribution in [2.24, 2.45) is 5.92 Å². The molecule has 0 bridgehead atoms. The molecule has 0 aromatic rings. The molecule has 1 aliphatic carbocycles. The highest BCUT2D eigenvalue weighted by Crippen LogP contribution is 2.25. The molecular weight excluding hydrogens is 188 g/mol. The van der Waals surface area contributed by atoms with Crippen LogP contribution < -0.4 is 5.32 Å². The van der Waals surface area contributed by atoms with Crippen molar-refractivity contribution in [3.8, 4) is 0 Å². The Labute approximate surface area is 94.2 Å². The van der Waals surface area contributed by atoms with Crippen LogP contribution >= 0.6 is 0 Å². The molecule has 1 fully saturated rings. The van der Waals surface area contributed by atoms with Crippen LogP contribution in [-0.2, 0) is 4.74 Å². The number of nitrogens with zero attached hydrogens (tertiary/aromatic N) is 1. The number of ether oxygens (including phenoxy) is 1. The zero-order valence-corrected chi connectivity index (χ0v) is 10.5. The summed E-state index contributed by atoms with van der Waals surface area (Å²) < 4.78 is 5.36. The minimum absolute atomic E-state index is 0.736. The lowest BCUT2D eigenvalue weighted by molar-refractivity contribution is 0.115. The van der Waals surface area contributed by atoms with E-state index in [1.807, 2.05) is 6.92 Å². The SMILES string of the molecule is CCOCCN(C)CC1CCCC1NC. The molecule has 0 aromatic carbocycles. The monoisotopic (exact) mass is 214 g/mol. The Balaban J connectivity index is 2.15. The zero-order valence-electron chi connectivity index (χ0n) is 10.5. The third-order valence-electron chi connectivity index (χ3n) is 3.40. The quantitative estimate of drug-likeness (QED) is 0.647. The standard InChI is InChI=1S/C12H26N2O/c1-4-15-9-8-14(3)10-11-6-5-7-12(11)13-2/h11-13H,4-10H2,1-3H3. The van der Waals surface area contributed by atoms with Crippen LogP contribution in [0.4, 0.5) is 0 Å². The van der Waals surface area contributed by atoms with E-state index in [1.54, 1.807) is 0 Å². The van der Waals surface area contributed by atoms with Gasteiger partial charge in [0, 0.05) is 25.7 Å². The summed E-state index contributed by atoms with van der Waals surface area (Å²) in [6.45, 7) is 6.01. The first kappa shape index (κ1) is 12.9. The normalized spacial score (nSPS) is 26.4. The van der Waals surface area contributed by atoms with Gasteiger partial charge in [-0.15, -0.1) is 0 Å². The van der Waals surface area contributed by atoms with Gasteiger partial charge in [-0.1, -0.05) is 6.42 Å². The minimum atomic E-state index is 0.736. The van der Waals surface area contributed by atoms with Gasteiger partial charge in [0.1, 0.15) is 0 Å². The second kappa shape index (κ2) is 7.20. The molecule has 1 N–H and O–H groups in total. The highest BCUT2D eigenvalue weighted by molar-refractivity contribution is 4.83. The van der Waals surface area contributed by atoms with Crippen LogP contribution in [-0.4, -0.2) is 51.3 Å². The second-order valence-corrected chi connectivity index (χ2v) is 4.55. The third-order valence-corrected chi connectivity index (χ3v) is 3.40. The zero-order chi connectivity index (χ0) is 11.1. The fraction of sp³-hybridized carbons (Fsp3) is 1.00. The van der Waals surface area contributed by atoms with Crippen molar-refractivity contribution in [1.29, 1.82) is 0 Å². The average molecular weight is 214 g/mol. The Morgan fingerprint density at radius 3 is 2.87 bits per heavy atom. The minimum Gasteiger partial charge on any atom is -0.380 e. The van der Waals surface area contributed by atoms with E-state index in [2.05, 4.69) is 24.3 Å². The summed E-state index contributed by atoms with van der Waals surface area (Å²) in [4.78, 5) is 2.40. The molecule has 0 aromatic heterocycles. The van der Waals surface area contributed by atoms with Crippen LogP contribution in [0.15, 0.2) is 0 Å². The number of hydrogen-bond donors (Lipinski definition) is 1. The van der Waals surface area contributed by atoms with Crippen molar-refractivity contribution in [3.63, 3.8) is 0 Å². The van der Waals surface area contributed by atoms with E-state index >= 15 is 0 Å². The van der Waals surface area contributed by atoms with Gasteiger partial charge in [-0.25, -0.2) is 0 Å². The van der Waals surface area contributed by atoms with E-state index in [-0.39, 0.29) is 0 Å². The lowest BCUT2D eigenvalue weighted by atomic mass is 10.0. The molecule has 0 heterocycles. The van der Waals surface area contributed by atoms with Crippen LogP contribution in [0.1, 0.15) is 26.2 Å². The van der Waals surface area contributed by atoms with Gasteiger partial charge in [-0.3, -0.25) is 0 Å². The average Bonchev–Trinajstić information content (AvgIpc) is 2.65. The smallest absolute Gasteiger partial charge is 0.0593 e. The Hall–Kier alpha value is -0.120. The first-order chi connectivity index (χ1) is 7.27. The first-order valence-corrected chi connectivity index (χ1v) is 6.21. The second-order valence-electron chi connectivity index (χ2n) is 4.55. The van der Waals surface area contributed by atoms with Gasteiger partial charge in [-0.05, 0) is 39.8 Å². The molecule has 1 rings (SSSR count). The van der Waals surface area contributed by atoms with Gasteiger partial charge in [0.05, 0.1) is 6.61 Å². The van der Waals surface area contributed by atoms with Crippen LogP contribution in [0.25, 0.3) is 0 Å². The highest BCUT2D eigenvalue weighted by atomic mass is 16.5. The predicted octanol–water partition coefficient (Wildman–Crippen LogP) is 1.34.